The number of carbonyl (C=O) groups excluding carboxylic acids is 2. The van der Waals surface area contributed by atoms with Gasteiger partial charge in [-0.05, 0) is 63.2 Å². The summed E-state index contributed by atoms with van der Waals surface area (Å²) in [7, 11) is 3.02. The molecule has 0 aromatic rings. The van der Waals surface area contributed by atoms with Gasteiger partial charge in [0.05, 0.1) is 45.3 Å². The monoisotopic (exact) mass is 757 g/mol. The number of unbranched alkanes of at least 4 members (excludes halogenated alkanes) is 6. The zero-order valence-electron chi connectivity index (χ0n) is 31.7. The van der Waals surface area contributed by atoms with Crippen molar-refractivity contribution in [2.75, 3.05) is 14.2 Å². The number of methoxy groups -OCH3 is 2. The second-order valence-electron chi connectivity index (χ2n) is 15.3. The fourth-order valence-electron chi connectivity index (χ4n) is 8.72. The molecule has 0 amide bonds. The molecule has 1 atom stereocenters. The molecule has 6 heteroatoms. The summed E-state index contributed by atoms with van der Waals surface area (Å²) in [5, 5.41) is 0. The average molecular weight is 758 g/mol. The molecule has 5 aliphatic carbocycles. The third-order valence-electron chi connectivity index (χ3n) is 11.7. The minimum Gasteiger partial charge on any atom is -0.469 e. The van der Waals surface area contributed by atoms with Gasteiger partial charge in [-0.2, -0.15) is 0 Å². The van der Waals surface area contributed by atoms with Crippen molar-refractivity contribution in [3.05, 3.63) is 5.92 Å². The molecule has 5 saturated carbocycles. The maximum atomic E-state index is 12.2. The smallest absolute Gasteiger partial charge is 0.309 e. The van der Waals surface area contributed by atoms with E-state index in [0.717, 1.165) is 12.8 Å². The van der Waals surface area contributed by atoms with E-state index >= 15 is 0 Å². The van der Waals surface area contributed by atoms with Crippen LogP contribution in [0.2, 0.25) is 0 Å². The van der Waals surface area contributed by atoms with Crippen molar-refractivity contribution in [1.82, 2.24) is 0 Å². The summed E-state index contributed by atoms with van der Waals surface area (Å²) in [4.78, 5) is 23.1. The maximum absolute atomic E-state index is 12.2. The summed E-state index contributed by atoms with van der Waals surface area (Å²) < 4.78 is 9.72. The first kappa shape index (κ1) is 47.8. The van der Waals surface area contributed by atoms with Gasteiger partial charge in [-0.15, -0.1) is 0 Å². The quantitative estimate of drug-likeness (QED) is 0.0911. The van der Waals surface area contributed by atoms with Gasteiger partial charge in [-0.3, -0.25) is 9.59 Å². The average Bonchev–Trinajstić information content (AvgIpc) is 3.92. The van der Waals surface area contributed by atoms with Crippen molar-refractivity contribution in [3.8, 4) is 0 Å². The molecule has 4 nitrogen and oxygen atoms in total. The molecular formula is C42H77Fe2O4+. The van der Waals surface area contributed by atoms with Crippen LogP contribution < -0.4 is 0 Å². The van der Waals surface area contributed by atoms with E-state index in [-0.39, 0.29) is 52.0 Å². The normalized spacial score (nSPS) is 21.5. The van der Waals surface area contributed by atoms with Crippen LogP contribution in [0.1, 0.15) is 225 Å². The van der Waals surface area contributed by atoms with Gasteiger partial charge in [0, 0.05) is 40.6 Å². The number of carbonyl (C=O) groups is 2. The Labute approximate surface area is 319 Å². The van der Waals surface area contributed by atoms with E-state index in [0.29, 0.717) is 11.8 Å². The van der Waals surface area contributed by atoms with Crippen LogP contribution in [0.3, 0.4) is 0 Å². The molecule has 0 radical (unpaired) electrons. The fourth-order valence-corrected chi connectivity index (χ4v) is 8.72. The van der Waals surface area contributed by atoms with Crippen molar-refractivity contribution in [2.45, 2.75) is 225 Å². The first-order valence-electron chi connectivity index (χ1n) is 20.6. The van der Waals surface area contributed by atoms with Crippen molar-refractivity contribution in [1.29, 1.82) is 0 Å². The van der Waals surface area contributed by atoms with Gasteiger partial charge in [-0.1, -0.05) is 141 Å². The zero-order chi connectivity index (χ0) is 33.0. The molecule has 0 N–H and O–H groups in total. The maximum Gasteiger partial charge on any atom is 0.309 e. The molecule has 284 valence electrons. The minimum absolute atomic E-state index is 0. The van der Waals surface area contributed by atoms with E-state index in [1.165, 1.54) is 213 Å². The van der Waals surface area contributed by atoms with Crippen LogP contribution >= 0.6 is 0 Å². The Morgan fingerprint density at radius 2 is 0.917 bits per heavy atom. The third-order valence-corrected chi connectivity index (χ3v) is 11.7. The molecule has 1 spiro atoms. The Morgan fingerprint density at radius 1 is 0.521 bits per heavy atom. The van der Waals surface area contributed by atoms with Crippen molar-refractivity contribution in [2.24, 2.45) is 11.3 Å². The standard InChI is InChI=1S/C16H28O2.C16H29O2.2C5H10.2Fe/c1-18-15(17)14-10-6-4-2-3-5-7-11-16(14)12-8-9-13-16;1-18-16(17)14-8-6-4-2-3-5-7-11-15-12-9-10-13-15;2*1-2-4-5-3-1;;/h14H,2-13H2,1H3;2-14H2,1H3;2*1-5H2;;/q;+1;;;;. The summed E-state index contributed by atoms with van der Waals surface area (Å²) in [5.41, 5.74) is 0.296. The molecule has 0 heterocycles. The molecular weight excluding hydrogens is 680 g/mol. The Bertz CT molecular complexity index is 700. The molecule has 0 aromatic heterocycles. The van der Waals surface area contributed by atoms with Crippen LogP contribution in [0.25, 0.3) is 0 Å². The topological polar surface area (TPSA) is 52.6 Å². The second kappa shape index (κ2) is 32.7. The van der Waals surface area contributed by atoms with Gasteiger partial charge in [0.1, 0.15) is 0 Å². The SMILES string of the molecule is C1CCCC1.C1CCCC1.COC(=O)C1CCCCCCCCC12CCCC2.COC(=O)CCCCCCCCC[C+]1CCCC1.[Fe].[Fe]. The first-order chi connectivity index (χ1) is 22.6. The third kappa shape index (κ3) is 22.6. The number of hydrogen-bond acceptors (Lipinski definition) is 4. The van der Waals surface area contributed by atoms with Gasteiger partial charge in [0.2, 0.25) is 0 Å². The largest absolute Gasteiger partial charge is 0.469 e. The Hall–Kier alpha value is -0.151. The summed E-state index contributed by atoms with van der Waals surface area (Å²) in [5.74, 6) is 2.01. The van der Waals surface area contributed by atoms with Crippen molar-refractivity contribution >= 4 is 11.9 Å². The molecule has 5 fully saturated rings. The predicted octanol–water partition coefficient (Wildman–Crippen LogP) is 13.2. The van der Waals surface area contributed by atoms with Crippen LogP contribution in [0, 0.1) is 17.3 Å². The van der Waals surface area contributed by atoms with Crippen LogP contribution in [0.15, 0.2) is 0 Å². The van der Waals surface area contributed by atoms with Gasteiger partial charge in [0.15, 0.2) is 0 Å². The summed E-state index contributed by atoms with van der Waals surface area (Å²) in [6.45, 7) is 0. The summed E-state index contributed by atoms with van der Waals surface area (Å²) >= 11 is 0. The van der Waals surface area contributed by atoms with E-state index in [1.807, 2.05) is 5.92 Å². The molecule has 0 bridgehead atoms. The Morgan fingerprint density at radius 3 is 1.38 bits per heavy atom. The minimum atomic E-state index is -0.0661. The molecule has 1 unspecified atom stereocenters. The van der Waals surface area contributed by atoms with Crippen molar-refractivity contribution in [3.63, 3.8) is 0 Å². The number of esters is 2. The van der Waals surface area contributed by atoms with Crippen LogP contribution in [-0.2, 0) is 53.2 Å². The van der Waals surface area contributed by atoms with Crippen LogP contribution in [0.4, 0.5) is 0 Å². The Balaban J connectivity index is 0.000000689. The van der Waals surface area contributed by atoms with E-state index in [9.17, 15) is 9.59 Å². The summed E-state index contributed by atoms with van der Waals surface area (Å²) in [6.07, 6.45) is 47.0. The van der Waals surface area contributed by atoms with Crippen molar-refractivity contribution < 1.29 is 53.2 Å². The van der Waals surface area contributed by atoms with E-state index in [2.05, 4.69) is 4.74 Å². The van der Waals surface area contributed by atoms with E-state index < -0.39 is 0 Å². The zero-order valence-corrected chi connectivity index (χ0v) is 33.9. The van der Waals surface area contributed by atoms with Gasteiger partial charge < -0.3 is 9.47 Å². The van der Waals surface area contributed by atoms with Crippen LogP contribution in [-0.4, -0.2) is 26.2 Å². The second-order valence-corrected chi connectivity index (χ2v) is 15.3. The summed E-state index contributed by atoms with van der Waals surface area (Å²) in [6, 6.07) is 0. The van der Waals surface area contributed by atoms with E-state index in [1.54, 1.807) is 7.11 Å². The molecule has 5 rings (SSSR count). The number of hydrogen-bond donors (Lipinski definition) is 0. The molecule has 48 heavy (non-hydrogen) atoms. The molecule has 0 saturated heterocycles. The first-order valence-corrected chi connectivity index (χ1v) is 20.6. The number of ether oxygens (including phenoxy) is 2. The van der Waals surface area contributed by atoms with E-state index in [4.69, 9.17) is 4.74 Å². The Kier molecular flexibility index (Phi) is 32.6. The van der Waals surface area contributed by atoms with Gasteiger partial charge in [0.25, 0.3) is 0 Å². The molecule has 0 aromatic carbocycles. The van der Waals surface area contributed by atoms with Gasteiger partial charge in [-0.25, -0.2) is 0 Å². The fraction of sp³-hybridized carbons (Fsp3) is 0.929. The predicted molar refractivity (Wildman–Crippen MR) is 195 cm³/mol. The van der Waals surface area contributed by atoms with Gasteiger partial charge >= 0.3 is 11.9 Å². The van der Waals surface area contributed by atoms with Crippen LogP contribution in [0.5, 0.6) is 0 Å². The number of rotatable bonds is 11. The molecule has 5 aliphatic rings. The molecule has 0 aliphatic heterocycles.